The van der Waals surface area contributed by atoms with Gasteiger partial charge >= 0.3 is 0 Å². The first-order valence-corrected chi connectivity index (χ1v) is 12.2. The molecule has 1 aliphatic heterocycles. The number of nitrogens with zero attached hydrogens (tertiary/aromatic N) is 3. The Labute approximate surface area is 184 Å². The normalized spacial score (nSPS) is 18.9. The summed E-state index contributed by atoms with van der Waals surface area (Å²) < 4.78 is 5.88. The summed E-state index contributed by atoms with van der Waals surface area (Å²) in [4.78, 5) is 22.1. The van der Waals surface area contributed by atoms with E-state index in [1.165, 1.54) is 38.6 Å². The first-order valence-electron chi connectivity index (χ1n) is 11.3. The van der Waals surface area contributed by atoms with E-state index in [0.29, 0.717) is 12.2 Å². The predicted molar refractivity (Wildman–Crippen MR) is 121 cm³/mol. The zero-order valence-electron chi connectivity index (χ0n) is 18.0. The van der Waals surface area contributed by atoms with Gasteiger partial charge in [-0.15, -0.1) is 11.3 Å². The molecule has 0 spiro atoms. The highest BCUT2D eigenvalue weighted by molar-refractivity contribution is 7.09. The van der Waals surface area contributed by atoms with Gasteiger partial charge in [0.15, 0.2) is 0 Å². The van der Waals surface area contributed by atoms with Gasteiger partial charge in [-0.1, -0.05) is 25.3 Å². The molecule has 30 heavy (non-hydrogen) atoms. The quantitative estimate of drug-likeness (QED) is 0.667. The first kappa shape index (κ1) is 21.3. The smallest absolute Gasteiger partial charge is 0.254 e. The maximum absolute atomic E-state index is 13.1. The summed E-state index contributed by atoms with van der Waals surface area (Å²) in [6.45, 7) is 7.38. The summed E-state index contributed by atoms with van der Waals surface area (Å²) >= 11 is 1.62. The van der Waals surface area contributed by atoms with Crippen LogP contribution in [0.5, 0.6) is 5.75 Å². The number of aromatic nitrogens is 1. The van der Waals surface area contributed by atoms with Crippen LogP contribution in [-0.2, 0) is 6.61 Å². The van der Waals surface area contributed by atoms with Gasteiger partial charge in [0, 0.05) is 37.1 Å². The third-order valence-corrected chi connectivity index (χ3v) is 7.07. The minimum Gasteiger partial charge on any atom is -0.487 e. The van der Waals surface area contributed by atoms with Gasteiger partial charge < -0.3 is 14.5 Å². The Kier molecular flexibility index (Phi) is 7.39. The lowest BCUT2D eigenvalue weighted by atomic mass is 9.89. The molecule has 0 unspecified atom stereocenters. The van der Waals surface area contributed by atoms with Crippen LogP contribution < -0.4 is 4.74 Å². The number of thiazole rings is 1. The molecular weight excluding hydrogens is 394 g/mol. The summed E-state index contributed by atoms with van der Waals surface area (Å²) in [6, 6.07) is 7.57. The average Bonchev–Trinajstić information content (AvgIpc) is 3.05. The van der Waals surface area contributed by atoms with E-state index < -0.39 is 0 Å². The number of ether oxygens (including phenoxy) is 1. The van der Waals surface area contributed by atoms with Crippen LogP contribution in [0.15, 0.2) is 29.6 Å². The Morgan fingerprint density at radius 2 is 2.00 bits per heavy atom. The highest BCUT2D eigenvalue weighted by atomic mass is 32.1. The second-order valence-corrected chi connectivity index (χ2v) is 9.69. The van der Waals surface area contributed by atoms with E-state index in [1.807, 2.05) is 41.5 Å². The van der Waals surface area contributed by atoms with Crippen molar-refractivity contribution in [2.24, 2.45) is 5.92 Å². The van der Waals surface area contributed by atoms with Gasteiger partial charge in [0.1, 0.15) is 12.4 Å². The molecule has 1 amide bonds. The fraction of sp³-hybridized carbons (Fsp3) is 0.583. The van der Waals surface area contributed by atoms with E-state index in [2.05, 4.69) is 9.88 Å². The van der Waals surface area contributed by atoms with Gasteiger partial charge in [0.05, 0.1) is 10.7 Å². The second-order valence-electron chi connectivity index (χ2n) is 8.62. The molecule has 6 heteroatoms. The van der Waals surface area contributed by atoms with Crippen molar-refractivity contribution < 1.29 is 9.53 Å². The minimum absolute atomic E-state index is 0.115. The summed E-state index contributed by atoms with van der Waals surface area (Å²) in [5.74, 6) is 1.70. The first-order chi connectivity index (χ1) is 14.7. The molecule has 1 aromatic carbocycles. The zero-order valence-corrected chi connectivity index (χ0v) is 18.8. The van der Waals surface area contributed by atoms with Crippen molar-refractivity contribution in [3.63, 3.8) is 0 Å². The topological polar surface area (TPSA) is 45.7 Å². The molecule has 0 atom stereocenters. The Morgan fingerprint density at radius 1 is 1.13 bits per heavy atom. The summed E-state index contributed by atoms with van der Waals surface area (Å²) in [5.41, 5.74) is 1.64. The molecule has 0 bridgehead atoms. The van der Waals surface area contributed by atoms with E-state index in [4.69, 9.17) is 4.74 Å². The van der Waals surface area contributed by atoms with Crippen LogP contribution in [0.3, 0.4) is 0 Å². The molecule has 2 aromatic rings. The molecule has 162 valence electrons. The SMILES string of the molecule is Cc1nc(COc2cccc(C(=O)N3CCCN(CC4CCCCC4)CC3)c2)cs1. The lowest BCUT2D eigenvalue weighted by molar-refractivity contribution is 0.0759. The molecule has 4 rings (SSSR count). The molecule has 0 radical (unpaired) electrons. The Hall–Kier alpha value is -1.92. The number of rotatable bonds is 6. The molecule has 5 nitrogen and oxygen atoms in total. The van der Waals surface area contributed by atoms with Crippen molar-refractivity contribution in [1.29, 1.82) is 0 Å². The van der Waals surface area contributed by atoms with Crippen molar-refractivity contribution in [1.82, 2.24) is 14.8 Å². The molecule has 2 fully saturated rings. The minimum atomic E-state index is 0.115. The van der Waals surface area contributed by atoms with Crippen LogP contribution >= 0.6 is 11.3 Å². The van der Waals surface area contributed by atoms with Gasteiger partial charge in [-0.3, -0.25) is 4.79 Å². The largest absolute Gasteiger partial charge is 0.487 e. The lowest BCUT2D eigenvalue weighted by Crippen LogP contribution is -2.36. The maximum Gasteiger partial charge on any atom is 0.254 e. The molecule has 2 heterocycles. The standard InChI is InChI=1S/C24H33N3O2S/c1-19-25-22(18-30-19)17-29-23-10-5-9-21(15-23)24(28)27-12-6-11-26(13-14-27)16-20-7-3-2-4-8-20/h5,9-10,15,18,20H,2-4,6-8,11-14,16-17H2,1H3. The second kappa shape index (κ2) is 10.4. The predicted octanol–water partition coefficient (Wildman–Crippen LogP) is 4.76. The van der Waals surface area contributed by atoms with Crippen molar-refractivity contribution >= 4 is 17.2 Å². The summed E-state index contributed by atoms with van der Waals surface area (Å²) in [7, 11) is 0. The van der Waals surface area contributed by atoms with Gasteiger partial charge in [-0.2, -0.15) is 0 Å². The van der Waals surface area contributed by atoms with Crippen LogP contribution in [0.25, 0.3) is 0 Å². The van der Waals surface area contributed by atoms with E-state index >= 15 is 0 Å². The van der Waals surface area contributed by atoms with E-state index in [-0.39, 0.29) is 5.91 Å². The Balaban J connectivity index is 1.31. The van der Waals surface area contributed by atoms with Crippen molar-refractivity contribution in [2.75, 3.05) is 32.7 Å². The van der Waals surface area contributed by atoms with Crippen molar-refractivity contribution in [3.8, 4) is 5.75 Å². The fourth-order valence-corrected chi connectivity index (χ4v) is 5.22. The van der Waals surface area contributed by atoms with Gasteiger partial charge in [0.25, 0.3) is 5.91 Å². The number of aryl methyl sites for hydroxylation is 1. The number of hydrogen-bond acceptors (Lipinski definition) is 5. The van der Waals surface area contributed by atoms with Crippen LogP contribution in [-0.4, -0.2) is 53.4 Å². The summed E-state index contributed by atoms with van der Waals surface area (Å²) in [6.07, 6.45) is 8.01. The van der Waals surface area contributed by atoms with Crippen molar-refractivity contribution in [2.45, 2.75) is 52.1 Å². The van der Waals surface area contributed by atoms with Gasteiger partial charge in [-0.25, -0.2) is 4.98 Å². The maximum atomic E-state index is 13.1. The highest BCUT2D eigenvalue weighted by Gasteiger charge is 2.23. The van der Waals surface area contributed by atoms with Crippen LogP contribution in [0.2, 0.25) is 0 Å². The number of hydrogen-bond donors (Lipinski definition) is 0. The molecule has 0 N–H and O–H groups in total. The molecule has 1 saturated carbocycles. The monoisotopic (exact) mass is 427 g/mol. The number of amides is 1. The van der Waals surface area contributed by atoms with Gasteiger partial charge in [0.2, 0.25) is 0 Å². The zero-order chi connectivity index (χ0) is 20.8. The van der Waals surface area contributed by atoms with Crippen LogP contribution in [0.4, 0.5) is 0 Å². The highest BCUT2D eigenvalue weighted by Crippen LogP contribution is 2.25. The molecule has 1 aliphatic carbocycles. The molecular formula is C24H33N3O2S. The molecule has 2 aliphatic rings. The van der Waals surface area contributed by atoms with Crippen LogP contribution in [0, 0.1) is 12.8 Å². The number of carbonyl (C=O) groups is 1. The molecule has 1 saturated heterocycles. The van der Waals surface area contributed by atoms with E-state index in [1.54, 1.807) is 11.3 Å². The van der Waals surface area contributed by atoms with E-state index in [9.17, 15) is 4.79 Å². The third kappa shape index (κ3) is 5.82. The average molecular weight is 428 g/mol. The Morgan fingerprint density at radius 3 is 2.80 bits per heavy atom. The number of benzene rings is 1. The van der Waals surface area contributed by atoms with E-state index in [0.717, 1.165) is 55.0 Å². The third-order valence-electron chi connectivity index (χ3n) is 6.25. The molecule has 1 aromatic heterocycles. The lowest BCUT2D eigenvalue weighted by Gasteiger charge is -2.28. The van der Waals surface area contributed by atoms with Crippen LogP contribution in [0.1, 0.15) is 59.6 Å². The van der Waals surface area contributed by atoms with Gasteiger partial charge in [-0.05, 0) is 56.8 Å². The number of carbonyl (C=O) groups excluding carboxylic acids is 1. The Bertz CT molecular complexity index is 831. The summed E-state index contributed by atoms with van der Waals surface area (Å²) in [5, 5.41) is 3.05. The van der Waals surface area contributed by atoms with Crippen molar-refractivity contribution in [3.05, 3.63) is 45.9 Å². The fourth-order valence-electron chi connectivity index (χ4n) is 4.62.